The number of aromatic nitrogens is 2. The third kappa shape index (κ3) is 5.71. The first-order valence-corrected chi connectivity index (χ1v) is 12.9. The van der Waals surface area contributed by atoms with Crippen LogP contribution in [0.15, 0.2) is 78.9 Å². The summed E-state index contributed by atoms with van der Waals surface area (Å²) in [6, 6.07) is 24.9. The fourth-order valence-electron chi connectivity index (χ4n) is 4.61. The summed E-state index contributed by atoms with van der Waals surface area (Å²) in [5.41, 5.74) is 4.06. The van der Waals surface area contributed by atoms with Gasteiger partial charge >= 0.3 is 0 Å². The Morgan fingerprint density at radius 2 is 1.86 bits per heavy atom. The van der Waals surface area contributed by atoms with Crippen molar-refractivity contribution in [3.63, 3.8) is 0 Å². The maximum absolute atomic E-state index is 13.8. The normalized spacial score (nSPS) is 15.1. The number of hydrogen-bond acceptors (Lipinski definition) is 4. The first-order valence-electron chi connectivity index (χ1n) is 12.5. The number of benzene rings is 3. The van der Waals surface area contributed by atoms with Gasteiger partial charge in [-0.25, -0.2) is 4.68 Å². The lowest BCUT2D eigenvalue weighted by Crippen LogP contribution is -2.37. The van der Waals surface area contributed by atoms with Gasteiger partial charge in [0.25, 0.3) is 5.91 Å². The van der Waals surface area contributed by atoms with E-state index in [2.05, 4.69) is 0 Å². The van der Waals surface area contributed by atoms with E-state index < -0.39 is 0 Å². The van der Waals surface area contributed by atoms with Crippen LogP contribution in [0, 0.1) is 13.8 Å². The van der Waals surface area contributed by atoms with Gasteiger partial charge in [0.1, 0.15) is 5.75 Å². The molecule has 7 heteroatoms. The third-order valence-corrected chi connectivity index (χ3v) is 6.86. The molecule has 1 aliphatic rings. The molecule has 0 aliphatic carbocycles. The number of hydrogen-bond donors (Lipinski definition) is 0. The van der Waals surface area contributed by atoms with E-state index in [-0.39, 0.29) is 12.0 Å². The largest absolute Gasteiger partial charge is 0.439 e. The minimum Gasteiger partial charge on any atom is -0.439 e. The first-order chi connectivity index (χ1) is 18.0. The second-order valence-electron chi connectivity index (χ2n) is 9.34. The quantitative estimate of drug-likeness (QED) is 0.260. The van der Waals surface area contributed by atoms with Gasteiger partial charge in [-0.1, -0.05) is 54.1 Å². The molecule has 1 unspecified atom stereocenters. The minimum absolute atomic E-state index is 0.0166. The number of carbonyl (C=O) groups is 1. The van der Waals surface area contributed by atoms with Crippen LogP contribution in [-0.4, -0.2) is 39.8 Å². The van der Waals surface area contributed by atoms with E-state index in [4.69, 9.17) is 26.2 Å². The summed E-state index contributed by atoms with van der Waals surface area (Å²) in [6.07, 6.45) is 1.89. The average molecular weight is 516 g/mol. The van der Waals surface area contributed by atoms with Crippen LogP contribution in [0.1, 0.15) is 40.0 Å². The van der Waals surface area contributed by atoms with Crippen molar-refractivity contribution in [2.45, 2.75) is 39.3 Å². The van der Waals surface area contributed by atoms with Crippen molar-refractivity contribution in [1.82, 2.24) is 14.7 Å². The lowest BCUT2D eigenvalue weighted by molar-refractivity contribution is 0.0505. The molecule has 4 aromatic rings. The molecular formula is C30H30ClN3O3. The predicted molar refractivity (Wildman–Crippen MR) is 145 cm³/mol. The van der Waals surface area contributed by atoms with Crippen LogP contribution < -0.4 is 4.74 Å². The molecule has 1 aromatic heterocycles. The van der Waals surface area contributed by atoms with Crippen molar-refractivity contribution in [3.8, 4) is 17.3 Å². The highest BCUT2D eigenvalue weighted by atomic mass is 35.5. The highest BCUT2D eigenvalue weighted by Gasteiger charge is 2.28. The van der Waals surface area contributed by atoms with Crippen molar-refractivity contribution in [3.05, 3.63) is 106 Å². The smallest absolute Gasteiger partial charge is 0.255 e. The number of halogens is 1. The molecule has 3 aromatic carbocycles. The van der Waals surface area contributed by atoms with Crippen LogP contribution >= 0.6 is 11.6 Å². The molecule has 0 bridgehead atoms. The van der Waals surface area contributed by atoms with E-state index in [1.54, 1.807) is 21.7 Å². The molecule has 37 heavy (non-hydrogen) atoms. The van der Waals surface area contributed by atoms with Gasteiger partial charge in [-0.15, -0.1) is 0 Å². The van der Waals surface area contributed by atoms with Crippen molar-refractivity contribution >= 4 is 17.5 Å². The molecule has 2 heterocycles. The Morgan fingerprint density at radius 1 is 1.08 bits per heavy atom. The summed E-state index contributed by atoms with van der Waals surface area (Å²) >= 11 is 6.43. The number of nitrogens with zero attached hydrogens (tertiary/aromatic N) is 3. The number of ether oxygens (including phenoxy) is 2. The molecule has 190 valence electrons. The van der Waals surface area contributed by atoms with Crippen molar-refractivity contribution in [2.24, 2.45) is 0 Å². The Labute approximate surface area is 222 Å². The number of rotatable bonds is 8. The number of aryl methyl sites for hydroxylation is 2. The standard InChI is InChI=1S/C30H30ClN3O3/c1-21-10-8-13-24(18-21)37-30-27(22(2)32-34(30)23-11-4-3-5-12-23)20-33(19-25-14-9-17-36-25)29(35)26-15-6-7-16-28(26)31/h3-8,10-13,15-16,18,25H,9,14,17,19-20H2,1-2H3. The van der Waals surface area contributed by atoms with Crippen LogP contribution in [0.25, 0.3) is 5.69 Å². The molecule has 1 aliphatic heterocycles. The second-order valence-corrected chi connectivity index (χ2v) is 9.74. The molecule has 0 saturated carbocycles. The fourth-order valence-corrected chi connectivity index (χ4v) is 4.83. The first kappa shape index (κ1) is 25.1. The average Bonchev–Trinajstić information content (AvgIpc) is 3.52. The molecule has 1 saturated heterocycles. The van der Waals surface area contributed by atoms with Crippen LogP contribution in [0.2, 0.25) is 5.02 Å². The van der Waals surface area contributed by atoms with Crippen molar-refractivity contribution < 1.29 is 14.3 Å². The lowest BCUT2D eigenvalue weighted by atomic mass is 10.1. The predicted octanol–water partition coefficient (Wildman–Crippen LogP) is 6.76. The van der Waals surface area contributed by atoms with E-state index in [0.717, 1.165) is 35.3 Å². The van der Waals surface area contributed by atoms with E-state index in [9.17, 15) is 4.79 Å². The van der Waals surface area contributed by atoms with Crippen molar-refractivity contribution in [1.29, 1.82) is 0 Å². The summed E-state index contributed by atoms with van der Waals surface area (Å²) in [5, 5.41) is 5.26. The highest BCUT2D eigenvalue weighted by molar-refractivity contribution is 6.33. The van der Waals surface area contributed by atoms with Gasteiger partial charge in [-0.2, -0.15) is 5.10 Å². The zero-order chi connectivity index (χ0) is 25.8. The minimum atomic E-state index is -0.144. The summed E-state index contributed by atoms with van der Waals surface area (Å²) in [7, 11) is 0. The van der Waals surface area contributed by atoms with Gasteiger partial charge in [0.15, 0.2) is 0 Å². The van der Waals surface area contributed by atoms with E-state index in [1.807, 2.05) is 80.6 Å². The Balaban J connectivity index is 1.56. The summed E-state index contributed by atoms with van der Waals surface area (Å²) in [6.45, 7) is 5.46. The van der Waals surface area contributed by atoms with Crippen LogP contribution in [0.4, 0.5) is 0 Å². The zero-order valence-electron chi connectivity index (χ0n) is 21.1. The van der Waals surface area contributed by atoms with Crippen LogP contribution in [-0.2, 0) is 11.3 Å². The molecule has 1 amide bonds. The van der Waals surface area contributed by atoms with Gasteiger partial charge in [0.2, 0.25) is 5.88 Å². The van der Waals surface area contributed by atoms with E-state index in [0.29, 0.717) is 41.9 Å². The molecular weight excluding hydrogens is 486 g/mol. The summed E-state index contributed by atoms with van der Waals surface area (Å²) in [4.78, 5) is 15.6. The molecule has 6 nitrogen and oxygen atoms in total. The topological polar surface area (TPSA) is 56.6 Å². The van der Waals surface area contributed by atoms with Gasteiger partial charge in [-0.05, 0) is 68.7 Å². The zero-order valence-corrected chi connectivity index (χ0v) is 21.8. The Morgan fingerprint density at radius 3 is 2.59 bits per heavy atom. The maximum Gasteiger partial charge on any atom is 0.255 e. The van der Waals surface area contributed by atoms with Crippen molar-refractivity contribution in [2.75, 3.05) is 13.2 Å². The Kier molecular flexibility index (Phi) is 7.58. The number of para-hydroxylation sites is 1. The van der Waals surface area contributed by atoms with E-state index in [1.165, 1.54) is 0 Å². The molecule has 1 atom stereocenters. The van der Waals surface area contributed by atoms with Crippen LogP contribution in [0.3, 0.4) is 0 Å². The highest BCUT2D eigenvalue weighted by Crippen LogP contribution is 2.33. The van der Waals surface area contributed by atoms with Gasteiger partial charge in [-0.3, -0.25) is 4.79 Å². The molecule has 0 N–H and O–H groups in total. The van der Waals surface area contributed by atoms with Gasteiger partial charge in [0.05, 0.1) is 40.2 Å². The lowest BCUT2D eigenvalue weighted by Gasteiger charge is -2.26. The summed E-state index contributed by atoms with van der Waals surface area (Å²) < 4.78 is 14.2. The third-order valence-electron chi connectivity index (χ3n) is 6.53. The van der Waals surface area contributed by atoms with Gasteiger partial charge in [0, 0.05) is 13.2 Å². The molecule has 0 spiro atoms. The van der Waals surface area contributed by atoms with E-state index >= 15 is 0 Å². The monoisotopic (exact) mass is 515 g/mol. The number of carbonyl (C=O) groups excluding carboxylic acids is 1. The SMILES string of the molecule is Cc1cccc(Oc2c(CN(CC3CCCO3)C(=O)c3ccccc3Cl)c(C)nn2-c2ccccc2)c1. The Bertz CT molecular complexity index is 1380. The molecule has 0 radical (unpaired) electrons. The Hall–Kier alpha value is -3.61. The van der Waals surface area contributed by atoms with Gasteiger partial charge < -0.3 is 14.4 Å². The van der Waals surface area contributed by atoms with Crippen LogP contribution in [0.5, 0.6) is 11.6 Å². The molecule has 5 rings (SSSR count). The summed E-state index contributed by atoms with van der Waals surface area (Å²) in [5.74, 6) is 1.15. The fraction of sp³-hybridized carbons (Fsp3) is 0.267. The molecule has 1 fully saturated rings. The maximum atomic E-state index is 13.8. The second kappa shape index (κ2) is 11.2. The number of amides is 1.